The Kier molecular flexibility index (Phi) is 9.70. The fourth-order valence-corrected chi connectivity index (χ4v) is 8.15. The van der Waals surface area contributed by atoms with Crippen molar-refractivity contribution in [2.75, 3.05) is 26.0 Å². The average Bonchev–Trinajstić information content (AvgIpc) is 3.99. The lowest BCUT2D eigenvalue weighted by atomic mass is 9.93. The second-order valence-corrected chi connectivity index (χ2v) is 15.6. The lowest BCUT2D eigenvalue weighted by molar-refractivity contribution is -0.140. The van der Waals surface area contributed by atoms with Gasteiger partial charge in [-0.2, -0.15) is 0 Å². The van der Waals surface area contributed by atoms with E-state index in [1.54, 1.807) is 36.3 Å². The molecule has 1 aliphatic heterocycles. The molecule has 262 valence electrons. The van der Waals surface area contributed by atoms with Crippen molar-refractivity contribution >= 4 is 39.5 Å². The minimum Gasteiger partial charge on any atom is -0.497 e. The standard InChI is InChI=1S/C35H43N5O8S/c1-21-9-14-29(36-20-21)26-13-10-23(47-3)18-30(26)37-34(44)48-24-16-27-28(17-24)32(42)40(2)15-7-5-4-6-8-22-19-35(22,38-31(27)41)33(43)39-49(45,46)25-11-12-25/h6,8-10,13-14,18,20,22,24-25,27-28H,4-5,7,11-12,15-17,19H2,1-3H3,(H,37,44)(H,38,41)(H,39,43)/b8-6+. The van der Waals surface area contributed by atoms with Crippen LogP contribution in [0.4, 0.5) is 10.5 Å². The summed E-state index contributed by atoms with van der Waals surface area (Å²) in [6.07, 6.45) is 7.63. The van der Waals surface area contributed by atoms with Crippen LogP contribution in [-0.4, -0.2) is 79.7 Å². The van der Waals surface area contributed by atoms with Gasteiger partial charge in [-0.3, -0.25) is 29.4 Å². The number of hydrogen-bond acceptors (Lipinski definition) is 9. The van der Waals surface area contributed by atoms with Gasteiger partial charge in [-0.15, -0.1) is 0 Å². The first kappa shape index (κ1) is 34.4. The molecule has 3 saturated carbocycles. The Morgan fingerprint density at radius 3 is 2.57 bits per heavy atom. The first-order valence-corrected chi connectivity index (χ1v) is 18.3. The van der Waals surface area contributed by atoms with Gasteiger partial charge in [0.1, 0.15) is 17.4 Å². The van der Waals surface area contributed by atoms with Gasteiger partial charge in [0.15, 0.2) is 0 Å². The molecule has 1 aromatic carbocycles. The van der Waals surface area contributed by atoms with Crippen molar-refractivity contribution in [1.29, 1.82) is 0 Å². The van der Waals surface area contributed by atoms with Gasteiger partial charge < -0.3 is 19.7 Å². The quantitative estimate of drug-likeness (QED) is 0.366. The molecule has 1 aromatic heterocycles. The Morgan fingerprint density at radius 2 is 1.86 bits per heavy atom. The number of sulfonamides is 1. The van der Waals surface area contributed by atoms with E-state index in [0.29, 0.717) is 42.1 Å². The molecule has 5 atom stereocenters. The summed E-state index contributed by atoms with van der Waals surface area (Å²) in [5, 5.41) is 5.04. The molecule has 2 aromatic rings. The Balaban J connectivity index is 1.21. The van der Waals surface area contributed by atoms with Crippen LogP contribution < -0.4 is 20.1 Å². The summed E-state index contributed by atoms with van der Waals surface area (Å²) in [6.45, 7) is 2.43. The second kappa shape index (κ2) is 13.8. The SMILES string of the molecule is COc1ccc(-c2ccc(C)cn2)c(NC(=O)OC2CC3C(=O)NC4(C(=O)NS(=O)(=O)C5CC5)CC4/C=C/CCCCN(C)C(=O)C3C2)c1. The number of anilines is 1. The third-order valence-corrected chi connectivity index (χ3v) is 11.7. The maximum absolute atomic E-state index is 14.0. The van der Waals surface area contributed by atoms with Gasteiger partial charge in [0, 0.05) is 37.3 Å². The van der Waals surface area contributed by atoms with Gasteiger partial charge in [0.25, 0.3) is 5.91 Å². The summed E-state index contributed by atoms with van der Waals surface area (Å²) in [5.41, 5.74) is 1.23. The van der Waals surface area contributed by atoms with Crippen LogP contribution in [0.2, 0.25) is 0 Å². The first-order valence-electron chi connectivity index (χ1n) is 16.8. The van der Waals surface area contributed by atoms with Crippen molar-refractivity contribution in [3.63, 3.8) is 0 Å². The van der Waals surface area contributed by atoms with Crippen LogP contribution in [0.25, 0.3) is 11.3 Å². The highest BCUT2D eigenvalue weighted by atomic mass is 32.2. The summed E-state index contributed by atoms with van der Waals surface area (Å²) < 4.78 is 38.7. The Bertz CT molecular complexity index is 1760. The molecule has 4 aliphatic rings. The number of aryl methyl sites for hydroxylation is 1. The number of ether oxygens (including phenoxy) is 2. The van der Waals surface area contributed by atoms with E-state index in [-0.39, 0.29) is 31.1 Å². The Hall–Kier alpha value is -4.46. The monoisotopic (exact) mass is 693 g/mol. The lowest BCUT2D eigenvalue weighted by Gasteiger charge is -2.26. The van der Waals surface area contributed by atoms with Crippen LogP contribution in [0, 0.1) is 24.7 Å². The molecule has 2 heterocycles. The fourth-order valence-electron chi connectivity index (χ4n) is 6.79. The number of allylic oxidation sites excluding steroid dienone is 1. The van der Waals surface area contributed by atoms with Crippen molar-refractivity contribution in [2.45, 2.75) is 75.2 Å². The molecule has 6 rings (SSSR count). The number of methoxy groups -OCH3 is 1. The molecule has 13 nitrogen and oxygen atoms in total. The van der Waals surface area contributed by atoms with Crippen LogP contribution in [0.5, 0.6) is 5.75 Å². The van der Waals surface area contributed by atoms with Crippen LogP contribution in [0.3, 0.4) is 0 Å². The summed E-state index contributed by atoms with van der Waals surface area (Å²) in [7, 11) is -0.637. The number of hydrogen-bond donors (Lipinski definition) is 3. The number of carbonyl (C=O) groups excluding carboxylic acids is 4. The Morgan fingerprint density at radius 1 is 1.08 bits per heavy atom. The summed E-state index contributed by atoms with van der Waals surface area (Å²) in [5.74, 6) is -3.15. The number of benzene rings is 1. The molecule has 0 radical (unpaired) electrons. The summed E-state index contributed by atoms with van der Waals surface area (Å²) >= 11 is 0. The maximum atomic E-state index is 14.0. The fraction of sp³-hybridized carbons (Fsp3) is 0.514. The molecule has 3 N–H and O–H groups in total. The van der Waals surface area contributed by atoms with Crippen molar-refractivity contribution in [3.05, 3.63) is 54.2 Å². The maximum Gasteiger partial charge on any atom is 0.411 e. The lowest BCUT2D eigenvalue weighted by Crippen LogP contribution is -2.54. The van der Waals surface area contributed by atoms with E-state index >= 15 is 0 Å². The molecular weight excluding hydrogens is 650 g/mol. The first-order chi connectivity index (χ1) is 23.4. The molecule has 5 unspecified atom stereocenters. The minimum absolute atomic E-state index is 0.0482. The van der Waals surface area contributed by atoms with E-state index in [1.807, 2.05) is 31.2 Å². The van der Waals surface area contributed by atoms with E-state index in [1.165, 1.54) is 7.11 Å². The normalized spacial score (nSPS) is 27.9. The van der Waals surface area contributed by atoms with Crippen molar-refractivity contribution < 1.29 is 37.1 Å². The van der Waals surface area contributed by atoms with Gasteiger partial charge in [-0.1, -0.05) is 18.2 Å². The highest BCUT2D eigenvalue weighted by Gasteiger charge is 2.62. The third-order valence-electron chi connectivity index (χ3n) is 9.92. The van der Waals surface area contributed by atoms with Gasteiger partial charge in [0.2, 0.25) is 21.8 Å². The number of amides is 4. The summed E-state index contributed by atoms with van der Waals surface area (Å²) in [4.78, 5) is 60.6. The molecule has 0 bridgehead atoms. The topological polar surface area (TPSA) is 173 Å². The van der Waals surface area contributed by atoms with Crippen molar-refractivity contribution in [2.24, 2.45) is 17.8 Å². The molecule has 0 saturated heterocycles. The zero-order valence-corrected chi connectivity index (χ0v) is 28.8. The minimum atomic E-state index is -3.85. The number of carbonyl (C=O) groups is 4. The van der Waals surface area contributed by atoms with Gasteiger partial charge in [-0.25, -0.2) is 13.2 Å². The highest BCUT2D eigenvalue weighted by molar-refractivity contribution is 7.91. The van der Waals surface area contributed by atoms with E-state index in [2.05, 4.69) is 20.3 Å². The number of fused-ring (bicyclic) bond motifs is 2. The molecular formula is C35H43N5O8S. The summed E-state index contributed by atoms with van der Waals surface area (Å²) in [6, 6.07) is 8.96. The molecule has 4 amide bonds. The molecule has 3 fully saturated rings. The zero-order chi connectivity index (χ0) is 34.9. The largest absolute Gasteiger partial charge is 0.497 e. The Labute approximate surface area is 286 Å². The average molecular weight is 694 g/mol. The van der Waals surface area contributed by atoms with E-state index in [0.717, 1.165) is 24.8 Å². The van der Waals surface area contributed by atoms with Crippen molar-refractivity contribution in [1.82, 2.24) is 19.9 Å². The molecule has 14 heteroatoms. The number of rotatable bonds is 7. The molecule has 0 spiro atoms. The number of nitrogens with one attached hydrogen (secondary N) is 3. The number of pyridine rings is 1. The predicted molar refractivity (Wildman–Crippen MR) is 181 cm³/mol. The van der Waals surface area contributed by atoms with Gasteiger partial charge in [-0.05, 0) is 82.1 Å². The third kappa shape index (κ3) is 7.58. The number of nitrogens with zero attached hydrogens (tertiary/aromatic N) is 2. The zero-order valence-electron chi connectivity index (χ0n) is 27.9. The van der Waals surface area contributed by atoms with Gasteiger partial charge in [0.05, 0.1) is 35.6 Å². The number of aromatic nitrogens is 1. The van der Waals surface area contributed by atoms with Crippen LogP contribution in [-0.2, 0) is 29.1 Å². The van der Waals surface area contributed by atoms with E-state index < -0.39 is 56.7 Å². The molecule has 3 aliphatic carbocycles. The van der Waals surface area contributed by atoms with Crippen LogP contribution in [0.1, 0.15) is 56.9 Å². The van der Waals surface area contributed by atoms with E-state index in [4.69, 9.17) is 9.47 Å². The second-order valence-electron chi connectivity index (χ2n) is 13.6. The molecule has 49 heavy (non-hydrogen) atoms. The van der Waals surface area contributed by atoms with Crippen molar-refractivity contribution in [3.8, 4) is 17.0 Å². The van der Waals surface area contributed by atoms with E-state index in [9.17, 15) is 27.6 Å². The van der Waals surface area contributed by atoms with Gasteiger partial charge >= 0.3 is 6.09 Å². The van der Waals surface area contributed by atoms with Crippen LogP contribution in [0.15, 0.2) is 48.7 Å². The van der Waals surface area contributed by atoms with Crippen LogP contribution >= 0.6 is 0 Å². The predicted octanol–water partition coefficient (Wildman–Crippen LogP) is 3.69. The highest BCUT2D eigenvalue weighted by Crippen LogP contribution is 2.47. The smallest absolute Gasteiger partial charge is 0.411 e.